The summed E-state index contributed by atoms with van der Waals surface area (Å²) in [5.41, 5.74) is 3.37. The Morgan fingerprint density at radius 2 is 1.96 bits per heavy atom. The summed E-state index contributed by atoms with van der Waals surface area (Å²) in [6, 6.07) is 6.25. The second-order valence-electron chi connectivity index (χ2n) is 5.83. The maximum absolute atomic E-state index is 5.74. The zero-order chi connectivity index (χ0) is 18.2. The highest BCUT2D eigenvalue weighted by atomic mass is 127. The molecule has 0 fully saturated rings. The van der Waals surface area contributed by atoms with Gasteiger partial charge in [0, 0.05) is 17.0 Å². The Balaban J connectivity index is 0.00000338. The van der Waals surface area contributed by atoms with Crippen molar-refractivity contribution < 1.29 is 4.74 Å². The van der Waals surface area contributed by atoms with E-state index in [-0.39, 0.29) is 24.0 Å². The predicted molar refractivity (Wildman–Crippen MR) is 121 cm³/mol. The van der Waals surface area contributed by atoms with Crippen molar-refractivity contribution in [2.24, 2.45) is 4.99 Å². The number of aliphatic imine (C=N–C) groups is 1. The van der Waals surface area contributed by atoms with Crippen LogP contribution in [0.5, 0.6) is 5.75 Å². The minimum absolute atomic E-state index is 0. The van der Waals surface area contributed by atoms with Crippen molar-refractivity contribution in [3.63, 3.8) is 0 Å². The number of aromatic nitrogens is 1. The maximum Gasteiger partial charge on any atom is 0.191 e. The van der Waals surface area contributed by atoms with Gasteiger partial charge >= 0.3 is 0 Å². The number of guanidine groups is 1. The molecule has 7 heteroatoms. The number of hydrogen-bond donors (Lipinski definition) is 2. The predicted octanol–water partition coefficient (Wildman–Crippen LogP) is 4.34. The number of aryl methyl sites for hydroxylation is 3. The van der Waals surface area contributed by atoms with Crippen LogP contribution in [0, 0.1) is 20.8 Å². The standard InChI is InChI=1S/C19H28N4OS.HI/c1-6-20-19(22-12-18-14(4)23-15(5)25-18)21-11-16-9-8-13(3)10-17(16)24-7-2;/h8-10H,6-7,11-12H2,1-5H3,(H2,20,21,22);1H. The van der Waals surface area contributed by atoms with Crippen LogP contribution in [0.25, 0.3) is 0 Å². The Kier molecular flexibility index (Phi) is 9.93. The van der Waals surface area contributed by atoms with Gasteiger partial charge in [0.05, 0.1) is 30.4 Å². The van der Waals surface area contributed by atoms with Gasteiger partial charge in [0.25, 0.3) is 0 Å². The van der Waals surface area contributed by atoms with Crippen LogP contribution in [0.15, 0.2) is 23.2 Å². The number of hydrogen-bond acceptors (Lipinski definition) is 4. The van der Waals surface area contributed by atoms with E-state index in [1.165, 1.54) is 10.4 Å². The van der Waals surface area contributed by atoms with E-state index in [4.69, 9.17) is 9.73 Å². The van der Waals surface area contributed by atoms with Crippen molar-refractivity contribution in [3.05, 3.63) is 44.9 Å². The van der Waals surface area contributed by atoms with E-state index in [1.54, 1.807) is 11.3 Å². The van der Waals surface area contributed by atoms with Crippen molar-refractivity contribution in [3.8, 4) is 5.75 Å². The molecule has 2 aromatic rings. The lowest BCUT2D eigenvalue weighted by Crippen LogP contribution is -2.36. The highest BCUT2D eigenvalue weighted by molar-refractivity contribution is 14.0. The van der Waals surface area contributed by atoms with Crippen molar-refractivity contribution in [1.82, 2.24) is 15.6 Å². The molecule has 5 nitrogen and oxygen atoms in total. The lowest BCUT2D eigenvalue weighted by atomic mass is 10.1. The molecule has 26 heavy (non-hydrogen) atoms. The number of benzene rings is 1. The van der Waals surface area contributed by atoms with Crippen LogP contribution in [0.2, 0.25) is 0 Å². The monoisotopic (exact) mass is 488 g/mol. The molecule has 2 rings (SSSR count). The fraction of sp³-hybridized carbons (Fsp3) is 0.474. The lowest BCUT2D eigenvalue weighted by Gasteiger charge is -2.13. The molecule has 1 aromatic carbocycles. The SMILES string of the molecule is CCNC(=NCc1ccc(C)cc1OCC)NCc1sc(C)nc1C.I. The first-order valence-electron chi connectivity index (χ1n) is 8.70. The molecule has 144 valence electrons. The second kappa shape index (κ2) is 11.4. The summed E-state index contributed by atoms with van der Waals surface area (Å²) in [4.78, 5) is 10.4. The summed E-state index contributed by atoms with van der Waals surface area (Å²) in [5, 5.41) is 7.78. The molecule has 0 atom stereocenters. The third kappa shape index (κ3) is 6.75. The van der Waals surface area contributed by atoms with E-state index in [0.29, 0.717) is 13.2 Å². The van der Waals surface area contributed by atoms with Gasteiger partial charge in [0.1, 0.15) is 5.75 Å². The van der Waals surface area contributed by atoms with Crippen molar-refractivity contribution in [2.45, 2.75) is 47.7 Å². The molecule has 0 spiro atoms. The van der Waals surface area contributed by atoms with Gasteiger partial charge in [-0.1, -0.05) is 12.1 Å². The summed E-state index contributed by atoms with van der Waals surface area (Å²) in [6.45, 7) is 13.0. The molecule has 0 aliphatic rings. The van der Waals surface area contributed by atoms with Gasteiger partial charge in [0.15, 0.2) is 5.96 Å². The molecule has 0 radical (unpaired) electrons. The molecule has 0 bridgehead atoms. The molecule has 0 saturated heterocycles. The Bertz CT molecular complexity index is 730. The van der Waals surface area contributed by atoms with E-state index in [1.807, 2.05) is 20.8 Å². The fourth-order valence-corrected chi connectivity index (χ4v) is 3.37. The van der Waals surface area contributed by atoms with Gasteiger partial charge < -0.3 is 15.4 Å². The van der Waals surface area contributed by atoms with Crippen LogP contribution in [0.1, 0.15) is 40.6 Å². The van der Waals surface area contributed by atoms with Gasteiger partial charge in [-0.25, -0.2) is 9.98 Å². The van der Waals surface area contributed by atoms with Gasteiger partial charge in [0.2, 0.25) is 0 Å². The average Bonchev–Trinajstić information content (AvgIpc) is 2.89. The molecule has 0 amide bonds. The van der Waals surface area contributed by atoms with Crippen LogP contribution in [0.3, 0.4) is 0 Å². The van der Waals surface area contributed by atoms with Gasteiger partial charge in [-0.2, -0.15) is 0 Å². The topological polar surface area (TPSA) is 58.5 Å². The minimum atomic E-state index is 0. The molecule has 0 unspecified atom stereocenters. The molecule has 0 saturated carbocycles. The van der Waals surface area contributed by atoms with E-state index in [2.05, 4.69) is 47.7 Å². The smallest absolute Gasteiger partial charge is 0.191 e. The molecule has 1 heterocycles. The van der Waals surface area contributed by atoms with E-state index in [0.717, 1.165) is 41.1 Å². The Morgan fingerprint density at radius 3 is 2.58 bits per heavy atom. The Morgan fingerprint density at radius 1 is 1.19 bits per heavy atom. The first kappa shape index (κ1) is 22.7. The Hall–Kier alpha value is -1.35. The highest BCUT2D eigenvalue weighted by Crippen LogP contribution is 2.21. The van der Waals surface area contributed by atoms with Crippen LogP contribution in [-0.4, -0.2) is 24.1 Å². The van der Waals surface area contributed by atoms with Crippen LogP contribution >= 0.6 is 35.3 Å². The van der Waals surface area contributed by atoms with Crippen LogP contribution in [0.4, 0.5) is 0 Å². The van der Waals surface area contributed by atoms with Gasteiger partial charge in [-0.15, -0.1) is 35.3 Å². The summed E-state index contributed by atoms with van der Waals surface area (Å²) < 4.78 is 5.74. The van der Waals surface area contributed by atoms with Crippen molar-refractivity contribution in [1.29, 1.82) is 0 Å². The zero-order valence-corrected chi connectivity index (χ0v) is 19.3. The highest BCUT2D eigenvalue weighted by Gasteiger charge is 2.07. The fourth-order valence-electron chi connectivity index (χ4n) is 2.49. The summed E-state index contributed by atoms with van der Waals surface area (Å²) in [5.74, 6) is 1.71. The number of nitrogens with one attached hydrogen (secondary N) is 2. The lowest BCUT2D eigenvalue weighted by molar-refractivity contribution is 0.336. The number of halogens is 1. The zero-order valence-electron chi connectivity index (χ0n) is 16.2. The summed E-state index contributed by atoms with van der Waals surface area (Å²) in [7, 11) is 0. The average molecular weight is 488 g/mol. The third-order valence-corrected chi connectivity index (χ3v) is 4.76. The van der Waals surface area contributed by atoms with Gasteiger partial charge in [-0.3, -0.25) is 0 Å². The Labute approximate surface area is 177 Å². The van der Waals surface area contributed by atoms with Crippen LogP contribution in [-0.2, 0) is 13.1 Å². The maximum atomic E-state index is 5.74. The quantitative estimate of drug-likeness (QED) is 0.346. The molecule has 1 aromatic heterocycles. The molecule has 0 aliphatic heterocycles. The second-order valence-corrected chi connectivity index (χ2v) is 7.12. The molecular weight excluding hydrogens is 459 g/mol. The molecular formula is C19H29IN4OS. The number of thiazole rings is 1. The van der Waals surface area contributed by atoms with Crippen molar-refractivity contribution >= 4 is 41.3 Å². The first-order chi connectivity index (χ1) is 12.0. The minimum Gasteiger partial charge on any atom is -0.494 e. The number of nitrogens with zero attached hydrogens (tertiary/aromatic N) is 2. The first-order valence-corrected chi connectivity index (χ1v) is 9.52. The summed E-state index contributed by atoms with van der Waals surface area (Å²) >= 11 is 1.72. The van der Waals surface area contributed by atoms with E-state index >= 15 is 0 Å². The normalized spacial score (nSPS) is 11.0. The molecule has 0 aliphatic carbocycles. The largest absolute Gasteiger partial charge is 0.494 e. The van der Waals surface area contributed by atoms with Crippen LogP contribution < -0.4 is 15.4 Å². The van der Waals surface area contributed by atoms with Gasteiger partial charge in [-0.05, 0) is 46.2 Å². The van der Waals surface area contributed by atoms with E-state index < -0.39 is 0 Å². The van der Waals surface area contributed by atoms with E-state index in [9.17, 15) is 0 Å². The number of rotatable bonds is 7. The molecule has 2 N–H and O–H groups in total. The number of ether oxygens (including phenoxy) is 1. The third-order valence-electron chi connectivity index (χ3n) is 3.69. The summed E-state index contributed by atoms with van der Waals surface area (Å²) in [6.07, 6.45) is 0. The van der Waals surface area contributed by atoms with Crippen molar-refractivity contribution in [2.75, 3.05) is 13.2 Å².